The van der Waals surface area contributed by atoms with Gasteiger partial charge in [0.05, 0.1) is 11.4 Å². The van der Waals surface area contributed by atoms with Crippen LogP contribution in [0.3, 0.4) is 0 Å². The number of aryl methyl sites for hydroxylation is 1. The first-order chi connectivity index (χ1) is 7.59. The summed E-state index contributed by atoms with van der Waals surface area (Å²) in [6, 6.07) is 3.23. The van der Waals surface area contributed by atoms with Gasteiger partial charge in [-0.15, -0.1) is 0 Å². The number of ketones is 1. The SMILES string of the molecule is CC(=O)c1ccc2c(n1)CCCN2C(=O)O. The second-order valence-corrected chi connectivity index (χ2v) is 3.76. The minimum absolute atomic E-state index is 0.102. The van der Waals surface area contributed by atoms with Crippen molar-refractivity contribution < 1.29 is 14.7 Å². The van der Waals surface area contributed by atoms with E-state index in [1.807, 2.05) is 0 Å². The molecule has 1 aromatic rings. The maximum Gasteiger partial charge on any atom is 0.411 e. The molecule has 2 heterocycles. The summed E-state index contributed by atoms with van der Waals surface area (Å²) in [4.78, 5) is 27.6. The molecule has 5 nitrogen and oxygen atoms in total. The van der Waals surface area contributed by atoms with Crippen LogP contribution in [0, 0.1) is 0 Å². The number of pyridine rings is 1. The Hall–Kier alpha value is -1.91. The lowest BCUT2D eigenvalue weighted by Gasteiger charge is -2.26. The van der Waals surface area contributed by atoms with Crippen molar-refractivity contribution in [1.82, 2.24) is 4.98 Å². The number of hydrogen-bond donors (Lipinski definition) is 1. The molecule has 0 saturated carbocycles. The molecule has 1 N–H and O–H groups in total. The van der Waals surface area contributed by atoms with Crippen molar-refractivity contribution in [2.24, 2.45) is 0 Å². The van der Waals surface area contributed by atoms with E-state index >= 15 is 0 Å². The molecule has 0 saturated heterocycles. The predicted octanol–water partition coefficient (Wildman–Crippen LogP) is 1.71. The van der Waals surface area contributed by atoms with Crippen LogP contribution in [0.25, 0.3) is 0 Å². The molecular formula is C11H12N2O3. The van der Waals surface area contributed by atoms with E-state index in [0.717, 1.165) is 12.8 Å². The van der Waals surface area contributed by atoms with Gasteiger partial charge in [-0.3, -0.25) is 9.69 Å². The molecule has 0 bridgehead atoms. The summed E-state index contributed by atoms with van der Waals surface area (Å²) in [5, 5.41) is 8.99. The third-order valence-electron chi connectivity index (χ3n) is 2.63. The fraction of sp³-hybridized carbons (Fsp3) is 0.364. The maximum absolute atomic E-state index is 11.2. The molecule has 1 aromatic heterocycles. The van der Waals surface area contributed by atoms with E-state index in [1.165, 1.54) is 11.8 Å². The average Bonchev–Trinajstić information content (AvgIpc) is 2.27. The zero-order valence-corrected chi connectivity index (χ0v) is 8.93. The standard InChI is InChI=1S/C11H12N2O3/c1-7(14)8-4-5-10-9(12-8)3-2-6-13(10)11(15)16/h4-5H,2-3,6H2,1H3,(H,15,16). The molecule has 1 aliphatic heterocycles. The Morgan fingerprint density at radius 3 is 2.81 bits per heavy atom. The first-order valence-electron chi connectivity index (χ1n) is 5.11. The Labute approximate surface area is 92.7 Å². The second kappa shape index (κ2) is 3.92. The zero-order valence-electron chi connectivity index (χ0n) is 8.93. The number of fused-ring (bicyclic) bond motifs is 1. The van der Waals surface area contributed by atoms with Crippen LogP contribution >= 0.6 is 0 Å². The summed E-state index contributed by atoms with van der Waals surface area (Å²) in [5.41, 5.74) is 1.69. The van der Waals surface area contributed by atoms with Crippen molar-refractivity contribution >= 4 is 17.6 Å². The van der Waals surface area contributed by atoms with Crippen LogP contribution in [-0.2, 0) is 6.42 Å². The average molecular weight is 220 g/mol. The summed E-state index contributed by atoms with van der Waals surface area (Å²) < 4.78 is 0. The van der Waals surface area contributed by atoms with Gasteiger partial charge in [-0.05, 0) is 25.0 Å². The zero-order chi connectivity index (χ0) is 11.7. The molecule has 0 aromatic carbocycles. The highest BCUT2D eigenvalue weighted by molar-refractivity contribution is 5.93. The normalized spacial score (nSPS) is 14.4. The van der Waals surface area contributed by atoms with E-state index in [9.17, 15) is 9.59 Å². The number of aromatic nitrogens is 1. The minimum Gasteiger partial charge on any atom is -0.465 e. The molecule has 0 aliphatic carbocycles. The lowest BCUT2D eigenvalue weighted by molar-refractivity contribution is 0.101. The van der Waals surface area contributed by atoms with E-state index in [1.54, 1.807) is 12.1 Å². The highest BCUT2D eigenvalue weighted by Gasteiger charge is 2.23. The van der Waals surface area contributed by atoms with Crippen molar-refractivity contribution in [1.29, 1.82) is 0 Å². The molecular weight excluding hydrogens is 208 g/mol. The molecule has 0 radical (unpaired) electrons. The Kier molecular flexibility index (Phi) is 2.60. The Balaban J connectivity index is 2.44. The number of carboxylic acid groups (broad SMARTS) is 1. The van der Waals surface area contributed by atoms with Gasteiger partial charge < -0.3 is 5.11 Å². The van der Waals surface area contributed by atoms with E-state index in [-0.39, 0.29) is 5.78 Å². The second-order valence-electron chi connectivity index (χ2n) is 3.76. The van der Waals surface area contributed by atoms with Gasteiger partial charge in [0.1, 0.15) is 5.69 Å². The number of Topliss-reactive ketones (excluding diaryl/α,β-unsaturated/α-hetero) is 1. The number of amides is 1. The quantitative estimate of drug-likeness (QED) is 0.731. The van der Waals surface area contributed by atoms with Crippen LogP contribution in [0.4, 0.5) is 10.5 Å². The largest absolute Gasteiger partial charge is 0.465 e. The van der Waals surface area contributed by atoms with E-state index in [4.69, 9.17) is 5.11 Å². The summed E-state index contributed by atoms with van der Waals surface area (Å²) in [7, 11) is 0. The topological polar surface area (TPSA) is 70.5 Å². The first-order valence-corrected chi connectivity index (χ1v) is 5.11. The minimum atomic E-state index is -0.974. The van der Waals surface area contributed by atoms with Crippen molar-refractivity contribution in [3.63, 3.8) is 0 Å². The number of anilines is 1. The highest BCUT2D eigenvalue weighted by Crippen LogP contribution is 2.25. The van der Waals surface area contributed by atoms with E-state index < -0.39 is 6.09 Å². The smallest absolute Gasteiger partial charge is 0.411 e. The molecule has 0 unspecified atom stereocenters. The molecule has 0 spiro atoms. The van der Waals surface area contributed by atoms with Crippen LogP contribution in [-0.4, -0.2) is 28.5 Å². The molecule has 0 atom stereocenters. The van der Waals surface area contributed by atoms with Crippen LogP contribution in [0.15, 0.2) is 12.1 Å². The third kappa shape index (κ3) is 1.76. The van der Waals surface area contributed by atoms with E-state index in [2.05, 4.69) is 4.98 Å². The first kappa shape index (κ1) is 10.6. The number of rotatable bonds is 1. The number of nitrogens with zero attached hydrogens (tertiary/aromatic N) is 2. The van der Waals surface area contributed by atoms with Gasteiger partial charge >= 0.3 is 6.09 Å². The fourth-order valence-electron chi connectivity index (χ4n) is 1.84. The van der Waals surface area contributed by atoms with Gasteiger partial charge in [-0.1, -0.05) is 0 Å². The van der Waals surface area contributed by atoms with Crippen LogP contribution < -0.4 is 4.90 Å². The number of hydrogen-bond acceptors (Lipinski definition) is 3. The molecule has 5 heteroatoms. The summed E-state index contributed by atoms with van der Waals surface area (Å²) in [6.07, 6.45) is 0.492. The van der Waals surface area contributed by atoms with E-state index in [0.29, 0.717) is 23.6 Å². The Morgan fingerprint density at radius 1 is 1.44 bits per heavy atom. The number of carbonyl (C=O) groups is 2. The molecule has 1 amide bonds. The van der Waals surface area contributed by atoms with Gasteiger partial charge in [-0.2, -0.15) is 0 Å². The monoisotopic (exact) mass is 220 g/mol. The summed E-state index contributed by atoms with van der Waals surface area (Å²) in [6.45, 7) is 1.94. The van der Waals surface area contributed by atoms with Gasteiger partial charge in [0, 0.05) is 13.5 Å². The lowest BCUT2D eigenvalue weighted by Crippen LogP contribution is -2.34. The maximum atomic E-state index is 11.2. The fourth-order valence-corrected chi connectivity index (χ4v) is 1.84. The number of carbonyl (C=O) groups excluding carboxylic acids is 1. The van der Waals surface area contributed by atoms with Crippen LogP contribution in [0.1, 0.15) is 29.5 Å². The van der Waals surface area contributed by atoms with Gasteiger partial charge in [0.25, 0.3) is 0 Å². The Bertz CT molecular complexity index is 457. The summed E-state index contributed by atoms with van der Waals surface area (Å²) in [5.74, 6) is -0.102. The van der Waals surface area contributed by atoms with Crippen molar-refractivity contribution in [2.45, 2.75) is 19.8 Å². The van der Waals surface area contributed by atoms with Gasteiger partial charge in [0.15, 0.2) is 5.78 Å². The van der Waals surface area contributed by atoms with Crippen LogP contribution in [0.5, 0.6) is 0 Å². The summed E-state index contributed by atoms with van der Waals surface area (Å²) >= 11 is 0. The van der Waals surface area contributed by atoms with Crippen molar-refractivity contribution in [3.8, 4) is 0 Å². The highest BCUT2D eigenvalue weighted by atomic mass is 16.4. The van der Waals surface area contributed by atoms with Gasteiger partial charge in [-0.25, -0.2) is 9.78 Å². The molecule has 84 valence electrons. The molecule has 0 fully saturated rings. The predicted molar refractivity (Wildman–Crippen MR) is 57.9 cm³/mol. The van der Waals surface area contributed by atoms with Crippen molar-refractivity contribution in [3.05, 3.63) is 23.5 Å². The van der Waals surface area contributed by atoms with Gasteiger partial charge in [0.2, 0.25) is 0 Å². The van der Waals surface area contributed by atoms with Crippen LogP contribution in [0.2, 0.25) is 0 Å². The molecule has 16 heavy (non-hydrogen) atoms. The lowest BCUT2D eigenvalue weighted by atomic mass is 10.1. The third-order valence-corrected chi connectivity index (χ3v) is 2.63. The molecule has 2 rings (SSSR count). The molecule has 1 aliphatic rings. The Morgan fingerprint density at radius 2 is 2.19 bits per heavy atom. The van der Waals surface area contributed by atoms with Crippen molar-refractivity contribution in [2.75, 3.05) is 11.4 Å².